The molecule has 7 heteroatoms. The summed E-state index contributed by atoms with van der Waals surface area (Å²) in [6.45, 7) is 4.24. The van der Waals surface area contributed by atoms with Gasteiger partial charge in [-0.25, -0.2) is 4.98 Å². The van der Waals surface area contributed by atoms with Gasteiger partial charge in [0.05, 0.1) is 24.1 Å². The highest BCUT2D eigenvalue weighted by atomic mass is 35.5. The quantitative estimate of drug-likeness (QED) is 0.164. The molecule has 38 heavy (non-hydrogen) atoms. The summed E-state index contributed by atoms with van der Waals surface area (Å²) < 4.78 is 8.27. The van der Waals surface area contributed by atoms with Crippen molar-refractivity contribution in [1.29, 1.82) is 0 Å². The van der Waals surface area contributed by atoms with Gasteiger partial charge in [-0.1, -0.05) is 60.0 Å². The van der Waals surface area contributed by atoms with E-state index in [-0.39, 0.29) is 5.91 Å². The number of carbonyl (C=O) groups is 1. The van der Waals surface area contributed by atoms with Gasteiger partial charge >= 0.3 is 0 Å². The molecule has 0 atom stereocenters. The van der Waals surface area contributed by atoms with Crippen molar-refractivity contribution in [2.24, 2.45) is 0 Å². The molecule has 1 aromatic heterocycles. The number of rotatable bonds is 14. The van der Waals surface area contributed by atoms with Gasteiger partial charge in [-0.05, 0) is 80.1 Å². The number of imidazole rings is 1. The lowest BCUT2D eigenvalue weighted by Crippen LogP contribution is -2.26. The molecule has 0 spiro atoms. The molecule has 200 valence electrons. The lowest BCUT2D eigenvalue weighted by molar-refractivity contribution is -0.120. The van der Waals surface area contributed by atoms with E-state index in [4.69, 9.17) is 32.9 Å². The summed E-state index contributed by atoms with van der Waals surface area (Å²) in [6.07, 6.45) is 6.21. The lowest BCUT2D eigenvalue weighted by atomic mass is 10.1. The second-order valence-corrected chi connectivity index (χ2v) is 10.4. The van der Waals surface area contributed by atoms with Crippen LogP contribution in [0.15, 0.2) is 66.7 Å². The zero-order valence-corrected chi connectivity index (χ0v) is 23.4. The molecule has 0 bridgehead atoms. The van der Waals surface area contributed by atoms with Crippen molar-refractivity contribution in [2.45, 2.75) is 58.4 Å². The first kappa shape index (κ1) is 28.0. The minimum Gasteiger partial charge on any atom is -0.494 e. The number of carbonyl (C=O) groups excluding carboxylic acids is 1. The van der Waals surface area contributed by atoms with E-state index in [9.17, 15) is 4.79 Å². The van der Waals surface area contributed by atoms with Crippen LogP contribution in [0.3, 0.4) is 0 Å². The van der Waals surface area contributed by atoms with Gasteiger partial charge in [-0.15, -0.1) is 0 Å². The van der Waals surface area contributed by atoms with Crippen molar-refractivity contribution in [3.8, 4) is 5.75 Å². The number of nitrogens with zero attached hydrogens (tertiary/aromatic N) is 2. The summed E-state index contributed by atoms with van der Waals surface area (Å²) in [5.41, 5.74) is 4.11. The van der Waals surface area contributed by atoms with Crippen molar-refractivity contribution in [3.63, 3.8) is 0 Å². The standard InChI is InChI=1S/C31H35Cl2N3O2/c1-23-21-25(16-17-26(23)32)38-20-10-9-19-36-29-14-7-6-13-28(29)35-30(36)15-3-2-8-18-34-31(37)22-24-11-4-5-12-27(24)33/h4-7,11-14,16-17,21H,2-3,8-10,15,18-20,22H2,1H3,(H,34,37). The maximum atomic E-state index is 12.2. The summed E-state index contributed by atoms with van der Waals surface area (Å²) in [5, 5.41) is 4.40. The SMILES string of the molecule is Cc1cc(OCCCCn2c(CCCCCNC(=O)Cc3ccccc3Cl)nc3ccccc32)ccc1Cl. The molecule has 0 aliphatic heterocycles. The van der Waals surface area contributed by atoms with E-state index in [1.165, 1.54) is 5.52 Å². The van der Waals surface area contributed by atoms with Gasteiger partial charge in [0.15, 0.2) is 0 Å². The molecular formula is C31H35Cl2N3O2. The maximum Gasteiger partial charge on any atom is 0.224 e. The molecule has 0 fully saturated rings. The minimum absolute atomic E-state index is 0.00932. The van der Waals surface area contributed by atoms with Crippen LogP contribution in [0.2, 0.25) is 10.0 Å². The van der Waals surface area contributed by atoms with E-state index in [1.54, 1.807) is 0 Å². The highest BCUT2D eigenvalue weighted by Gasteiger charge is 2.11. The number of fused-ring (bicyclic) bond motifs is 1. The smallest absolute Gasteiger partial charge is 0.224 e. The predicted molar refractivity (Wildman–Crippen MR) is 156 cm³/mol. The molecule has 1 heterocycles. The Balaban J connectivity index is 1.20. The second-order valence-electron chi connectivity index (χ2n) is 9.56. The van der Waals surface area contributed by atoms with E-state index < -0.39 is 0 Å². The predicted octanol–water partition coefficient (Wildman–Crippen LogP) is 7.58. The maximum absolute atomic E-state index is 12.2. The van der Waals surface area contributed by atoms with Gasteiger partial charge < -0.3 is 14.6 Å². The molecule has 4 aromatic rings. The third-order valence-electron chi connectivity index (χ3n) is 6.62. The molecule has 0 saturated heterocycles. The molecule has 0 aliphatic rings. The monoisotopic (exact) mass is 551 g/mol. The molecule has 1 N–H and O–H groups in total. The van der Waals surface area contributed by atoms with Gasteiger partial charge in [-0.3, -0.25) is 4.79 Å². The number of hydrogen-bond donors (Lipinski definition) is 1. The average molecular weight is 553 g/mol. The Morgan fingerprint density at radius 3 is 2.58 bits per heavy atom. The van der Waals surface area contributed by atoms with Crippen LogP contribution < -0.4 is 10.1 Å². The van der Waals surface area contributed by atoms with Crippen LogP contribution >= 0.6 is 23.2 Å². The van der Waals surface area contributed by atoms with Crippen molar-refractivity contribution in [3.05, 3.63) is 93.7 Å². The Bertz CT molecular complexity index is 1350. The van der Waals surface area contributed by atoms with E-state index in [2.05, 4.69) is 28.1 Å². The Morgan fingerprint density at radius 2 is 1.74 bits per heavy atom. The van der Waals surface area contributed by atoms with Gasteiger partial charge in [0.25, 0.3) is 0 Å². The molecule has 0 saturated carbocycles. The Morgan fingerprint density at radius 1 is 0.921 bits per heavy atom. The van der Waals surface area contributed by atoms with Gasteiger partial charge in [-0.2, -0.15) is 0 Å². The normalized spacial score (nSPS) is 11.1. The molecular weight excluding hydrogens is 517 g/mol. The average Bonchev–Trinajstić information content (AvgIpc) is 3.26. The number of benzene rings is 3. The van der Waals surface area contributed by atoms with E-state index in [0.717, 1.165) is 78.3 Å². The number of nitrogens with one attached hydrogen (secondary N) is 1. The molecule has 0 aliphatic carbocycles. The van der Waals surface area contributed by atoms with E-state index >= 15 is 0 Å². The van der Waals surface area contributed by atoms with Gasteiger partial charge in [0, 0.05) is 29.6 Å². The van der Waals surface area contributed by atoms with Crippen LogP contribution in [0.4, 0.5) is 0 Å². The number of para-hydroxylation sites is 2. The number of amides is 1. The van der Waals surface area contributed by atoms with Gasteiger partial charge in [0.1, 0.15) is 11.6 Å². The van der Waals surface area contributed by atoms with Crippen LogP contribution in [-0.4, -0.2) is 28.6 Å². The van der Waals surface area contributed by atoms with Crippen LogP contribution in [-0.2, 0) is 24.2 Å². The molecule has 1 amide bonds. The fourth-order valence-electron chi connectivity index (χ4n) is 4.52. The number of aryl methyl sites for hydroxylation is 3. The molecule has 0 radical (unpaired) electrons. The number of halogens is 2. The Labute approximate surface area is 235 Å². The molecule has 3 aromatic carbocycles. The van der Waals surface area contributed by atoms with Crippen molar-refractivity contribution < 1.29 is 9.53 Å². The molecule has 5 nitrogen and oxygen atoms in total. The third-order valence-corrected chi connectivity index (χ3v) is 7.41. The first-order chi connectivity index (χ1) is 18.5. The fraction of sp³-hybridized carbons (Fsp3) is 0.355. The summed E-state index contributed by atoms with van der Waals surface area (Å²) in [7, 11) is 0. The summed E-state index contributed by atoms with van der Waals surface area (Å²) in [5.74, 6) is 2.00. The Hall–Kier alpha value is -3.02. The summed E-state index contributed by atoms with van der Waals surface area (Å²) >= 11 is 12.3. The number of hydrogen-bond acceptors (Lipinski definition) is 3. The highest BCUT2D eigenvalue weighted by molar-refractivity contribution is 6.31. The Kier molecular flexibility index (Phi) is 10.5. The zero-order chi connectivity index (χ0) is 26.7. The van der Waals surface area contributed by atoms with Crippen LogP contribution in [0, 0.1) is 6.92 Å². The molecule has 0 unspecified atom stereocenters. The van der Waals surface area contributed by atoms with Crippen molar-refractivity contribution in [1.82, 2.24) is 14.9 Å². The number of aromatic nitrogens is 2. The van der Waals surface area contributed by atoms with Crippen LogP contribution in [0.5, 0.6) is 5.75 Å². The summed E-state index contributed by atoms with van der Waals surface area (Å²) in [6, 6.07) is 21.6. The zero-order valence-electron chi connectivity index (χ0n) is 21.9. The highest BCUT2D eigenvalue weighted by Crippen LogP contribution is 2.22. The molecule has 4 rings (SSSR count). The van der Waals surface area contributed by atoms with Crippen molar-refractivity contribution in [2.75, 3.05) is 13.2 Å². The largest absolute Gasteiger partial charge is 0.494 e. The summed E-state index contributed by atoms with van der Waals surface area (Å²) in [4.78, 5) is 17.1. The second kappa shape index (κ2) is 14.2. The van der Waals surface area contributed by atoms with Crippen LogP contribution in [0.1, 0.15) is 49.1 Å². The van der Waals surface area contributed by atoms with E-state index in [1.807, 2.05) is 55.5 Å². The van der Waals surface area contributed by atoms with Gasteiger partial charge in [0.2, 0.25) is 5.91 Å². The lowest BCUT2D eigenvalue weighted by Gasteiger charge is -2.11. The van der Waals surface area contributed by atoms with E-state index in [0.29, 0.717) is 24.6 Å². The first-order valence-electron chi connectivity index (χ1n) is 13.3. The number of ether oxygens (including phenoxy) is 1. The first-order valence-corrected chi connectivity index (χ1v) is 14.1. The topological polar surface area (TPSA) is 56.1 Å². The third kappa shape index (κ3) is 7.99. The minimum atomic E-state index is 0.00932. The fourth-order valence-corrected chi connectivity index (χ4v) is 4.84. The van der Waals surface area contributed by atoms with Crippen molar-refractivity contribution >= 4 is 40.1 Å². The van der Waals surface area contributed by atoms with Crippen LogP contribution in [0.25, 0.3) is 11.0 Å². The number of unbranched alkanes of at least 4 members (excludes halogenated alkanes) is 3.